The molecule has 7 heteroatoms. The summed E-state index contributed by atoms with van der Waals surface area (Å²) in [5, 5.41) is 7.75. The van der Waals surface area contributed by atoms with Crippen LogP contribution < -0.4 is 5.32 Å². The van der Waals surface area contributed by atoms with Gasteiger partial charge in [-0.2, -0.15) is 4.98 Å². The van der Waals surface area contributed by atoms with Crippen LogP contribution in [0.5, 0.6) is 0 Å². The van der Waals surface area contributed by atoms with Gasteiger partial charge in [0.1, 0.15) is 0 Å². The number of carbonyl (C=O) groups excluding carboxylic acids is 1. The van der Waals surface area contributed by atoms with Crippen LogP contribution in [0, 0.1) is 0 Å². The minimum absolute atomic E-state index is 0.150. The molecular formula is C17H13Cl2N3O2. The van der Waals surface area contributed by atoms with Gasteiger partial charge in [0.25, 0.3) is 0 Å². The maximum atomic E-state index is 12.0. The van der Waals surface area contributed by atoms with Gasteiger partial charge in [-0.25, -0.2) is 0 Å². The molecule has 3 aromatic rings. The van der Waals surface area contributed by atoms with E-state index >= 15 is 0 Å². The highest BCUT2D eigenvalue weighted by Gasteiger charge is 2.12. The minimum Gasteiger partial charge on any atom is -0.347 e. The van der Waals surface area contributed by atoms with Crippen LogP contribution in [-0.2, 0) is 17.8 Å². The molecule has 0 aliphatic heterocycles. The number of halogens is 2. The highest BCUT2D eigenvalue weighted by molar-refractivity contribution is 6.33. The summed E-state index contributed by atoms with van der Waals surface area (Å²) in [5.74, 6) is 0.541. The minimum atomic E-state index is -0.158. The zero-order chi connectivity index (χ0) is 16.9. The van der Waals surface area contributed by atoms with Crippen LogP contribution in [0.4, 0.5) is 0 Å². The van der Waals surface area contributed by atoms with Crippen molar-refractivity contribution in [3.63, 3.8) is 0 Å². The van der Waals surface area contributed by atoms with E-state index in [-0.39, 0.29) is 18.9 Å². The number of amides is 1. The predicted octanol–water partition coefficient (Wildman–Crippen LogP) is 3.90. The predicted molar refractivity (Wildman–Crippen MR) is 91.7 cm³/mol. The SMILES string of the molecule is O=C(Cc1cccc(Cl)c1)NCc1nc(-c2ccccc2Cl)no1. The number of benzene rings is 2. The summed E-state index contributed by atoms with van der Waals surface area (Å²) in [7, 11) is 0. The van der Waals surface area contributed by atoms with E-state index in [4.69, 9.17) is 27.7 Å². The first-order chi connectivity index (χ1) is 11.6. The van der Waals surface area contributed by atoms with Gasteiger partial charge < -0.3 is 9.84 Å². The number of hydrogen-bond donors (Lipinski definition) is 1. The van der Waals surface area contributed by atoms with E-state index in [2.05, 4.69) is 15.5 Å². The molecule has 0 radical (unpaired) electrons. The monoisotopic (exact) mass is 361 g/mol. The number of nitrogens with zero attached hydrogens (tertiary/aromatic N) is 2. The largest absolute Gasteiger partial charge is 0.347 e. The fourth-order valence-corrected chi connectivity index (χ4v) is 2.58. The van der Waals surface area contributed by atoms with Gasteiger partial charge in [-0.1, -0.05) is 52.6 Å². The molecule has 3 rings (SSSR count). The van der Waals surface area contributed by atoms with Crippen molar-refractivity contribution in [2.45, 2.75) is 13.0 Å². The summed E-state index contributed by atoms with van der Waals surface area (Å²) < 4.78 is 5.14. The van der Waals surface area contributed by atoms with Crippen LogP contribution in [0.3, 0.4) is 0 Å². The van der Waals surface area contributed by atoms with E-state index in [9.17, 15) is 4.79 Å². The summed E-state index contributed by atoms with van der Waals surface area (Å²) in [6.07, 6.45) is 0.228. The number of rotatable bonds is 5. The van der Waals surface area contributed by atoms with Crippen molar-refractivity contribution < 1.29 is 9.32 Å². The summed E-state index contributed by atoms with van der Waals surface area (Å²) in [6.45, 7) is 0.150. The molecule has 1 N–H and O–H groups in total. The van der Waals surface area contributed by atoms with Crippen molar-refractivity contribution in [3.05, 3.63) is 70.0 Å². The van der Waals surface area contributed by atoms with E-state index < -0.39 is 0 Å². The third-order valence-corrected chi connectivity index (χ3v) is 3.84. The molecule has 24 heavy (non-hydrogen) atoms. The van der Waals surface area contributed by atoms with E-state index in [0.717, 1.165) is 5.56 Å². The average Bonchev–Trinajstić information content (AvgIpc) is 3.02. The summed E-state index contributed by atoms with van der Waals surface area (Å²) >= 11 is 12.0. The Morgan fingerprint density at radius 3 is 2.75 bits per heavy atom. The molecule has 5 nitrogen and oxygen atoms in total. The number of nitrogens with one attached hydrogen (secondary N) is 1. The van der Waals surface area contributed by atoms with Gasteiger partial charge in [-0.05, 0) is 29.8 Å². The third kappa shape index (κ3) is 4.13. The molecule has 0 aliphatic carbocycles. The Labute approximate surface area is 148 Å². The van der Waals surface area contributed by atoms with Crippen molar-refractivity contribution in [1.29, 1.82) is 0 Å². The molecule has 1 heterocycles. The third-order valence-electron chi connectivity index (χ3n) is 3.27. The lowest BCUT2D eigenvalue weighted by Gasteiger charge is -2.03. The maximum absolute atomic E-state index is 12.0. The van der Waals surface area contributed by atoms with Crippen molar-refractivity contribution in [2.75, 3.05) is 0 Å². The smallest absolute Gasteiger partial charge is 0.246 e. The van der Waals surface area contributed by atoms with Gasteiger partial charge >= 0.3 is 0 Å². The summed E-state index contributed by atoms with van der Waals surface area (Å²) in [5.41, 5.74) is 1.52. The Hall–Kier alpha value is -2.37. The lowest BCUT2D eigenvalue weighted by molar-refractivity contribution is -0.120. The van der Waals surface area contributed by atoms with Crippen molar-refractivity contribution >= 4 is 29.1 Å². The Morgan fingerprint density at radius 1 is 1.12 bits per heavy atom. The zero-order valence-electron chi connectivity index (χ0n) is 12.5. The molecule has 0 saturated carbocycles. The molecule has 0 atom stereocenters. The van der Waals surface area contributed by atoms with E-state index in [1.807, 2.05) is 18.2 Å². The molecule has 1 aromatic heterocycles. The highest BCUT2D eigenvalue weighted by Crippen LogP contribution is 2.24. The van der Waals surface area contributed by atoms with E-state index in [1.165, 1.54) is 0 Å². The standard InChI is InChI=1S/C17H13Cl2N3O2/c18-12-5-3-4-11(8-12)9-15(23)20-10-16-21-17(22-24-16)13-6-1-2-7-14(13)19/h1-8H,9-10H2,(H,20,23). The van der Waals surface area contributed by atoms with Crippen LogP contribution in [-0.4, -0.2) is 16.0 Å². The fraction of sp³-hybridized carbons (Fsp3) is 0.118. The van der Waals surface area contributed by atoms with E-state index in [1.54, 1.807) is 30.3 Å². The first-order valence-electron chi connectivity index (χ1n) is 7.20. The first kappa shape index (κ1) is 16.5. The number of carbonyl (C=O) groups is 1. The Kier molecular flexibility index (Phi) is 5.13. The molecule has 0 saturated heterocycles. The lowest BCUT2D eigenvalue weighted by atomic mass is 10.1. The molecule has 0 spiro atoms. The van der Waals surface area contributed by atoms with Gasteiger partial charge in [-0.15, -0.1) is 0 Å². The Morgan fingerprint density at radius 2 is 1.96 bits per heavy atom. The number of hydrogen-bond acceptors (Lipinski definition) is 4. The van der Waals surface area contributed by atoms with Gasteiger partial charge in [0, 0.05) is 10.6 Å². The molecule has 0 aliphatic rings. The zero-order valence-corrected chi connectivity index (χ0v) is 14.0. The number of aromatic nitrogens is 2. The molecule has 2 aromatic carbocycles. The summed E-state index contributed by atoms with van der Waals surface area (Å²) in [4.78, 5) is 16.2. The van der Waals surface area contributed by atoms with Gasteiger partial charge in [0.15, 0.2) is 0 Å². The van der Waals surface area contributed by atoms with Crippen molar-refractivity contribution in [3.8, 4) is 11.4 Å². The average molecular weight is 362 g/mol. The Bertz CT molecular complexity index is 864. The Balaban J connectivity index is 1.59. The van der Waals surface area contributed by atoms with Crippen molar-refractivity contribution in [2.24, 2.45) is 0 Å². The van der Waals surface area contributed by atoms with Crippen molar-refractivity contribution in [1.82, 2.24) is 15.5 Å². The topological polar surface area (TPSA) is 68.0 Å². The van der Waals surface area contributed by atoms with E-state index in [0.29, 0.717) is 27.3 Å². The van der Waals surface area contributed by atoms with Crippen LogP contribution in [0.25, 0.3) is 11.4 Å². The van der Waals surface area contributed by atoms with Crippen LogP contribution in [0.1, 0.15) is 11.5 Å². The molecule has 122 valence electrons. The van der Waals surface area contributed by atoms with Crippen LogP contribution in [0.15, 0.2) is 53.1 Å². The molecule has 0 fully saturated rings. The fourth-order valence-electron chi connectivity index (χ4n) is 2.15. The van der Waals surface area contributed by atoms with Gasteiger partial charge in [0.2, 0.25) is 17.6 Å². The van der Waals surface area contributed by atoms with Gasteiger partial charge in [-0.3, -0.25) is 4.79 Å². The molecule has 1 amide bonds. The lowest BCUT2D eigenvalue weighted by Crippen LogP contribution is -2.24. The van der Waals surface area contributed by atoms with Gasteiger partial charge in [0.05, 0.1) is 18.0 Å². The van der Waals surface area contributed by atoms with Crippen LogP contribution >= 0.6 is 23.2 Å². The molecular weight excluding hydrogens is 349 g/mol. The molecule has 0 unspecified atom stereocenters. The van der Waals surface area contributed by atoms with Crippen LogP contribution in [0.2, 0.25) is 10.0 Å². The second kappa shape index (κ2) is 7.47. The maximum Gasteiger partial charge on any atom is 0.246 e. The highest BCUT2D eigenvalue weighted by atomic mass is 35.5. The normalized spacial score (nSPS) is 10.6. The quantitative estimate of drug-likeness (QED) is 0.748. The summed E-state index contributed by atoms with van der Waals surface area (Å²) in [6, 6.07) is 14.4. The second-order valence-corrected chi connectivity index (χ2v) is 5.92. The molecule has 0 bridgehead atoms. The second-order valence-electron chi connectivity index (χ2n) is 5.07. The first-order valence-corrected chi connectivity index (χ1v) is 7.96.